The lowest BCUT2D eigenvalue weighted by molar-refractivity contribution is 0.103. The molecule has 1 N–H and O–H groups in total. The molecule has 0 atom stereocenters. The molecule has 0 bridgehead atoms. The molecule has 0 fully saturated rings. The Morgan fingerprint density at radius 3 is 2.14 bits per heavy atom. The van der Waals surface area contributed by atoms with Gasteiger partial charge in [-0.3, -0.25) is 14.5 Å². The summed E-state index contributed by atoms with van der Waals surface area (Å²) in [6.45, 7) is 3.86. The zero-order valence-corrected chi connectivity index (χ0v) is 17.3. The first-order valence-electron chi connectivity index (χ1n) is 9.40. The van der Waals surface area contributed by atoms with Crippen LogP contribution in [0.15, 0.2) is 60.7 Å². The zero-order chi connectivity index (χ0) is 20.7. The summed E-state index contributed by atoms with van der Waals surface area (Å²) in [4.78, 5) is 13.0. The Kier molecular flexibility index (Phi) is 6.94. The van der Waals surface area contributed by atoms with Crippen LogP contribution < -0.4 is 5.44 Å². The lowest BCUT2D eigenvalue weighted by Gasteiger charge is -2.16. The minimum Gasteiger partial charge on any atom is -0.304 e. The average molecular weight is 410 g/mol. The first kappa shape index (κ1) is 20.9. The molecular weight excluding hydrogens is 387 g/mol. The van der Waals surface area contributed by atoms with Crippen LogP contribution >= 0.6 is 7.60 Å². The number of aromatic nitrogens is 2. The van der Waals surface area contributed by atoms with Crippen LogP contribution in [0.5, 0.6) is 0 Å². The SMILES string of the molecule is CCOP(=O)(OCC)c1[nH]nc(C(=O)c2ccccc2)c1/C=C/c1ccccc1. The molecular formula is C22H23N2O4P. The van der Waals surface area contributed by atoms with Gasteiger partial charge in [0.2, 0.25) is 5.78 Å². The van der Waals surface area contributed by atoms with E-state index in [2.05, 4.69) is 10.2 Å². The van der Waals surface area contributed by atoms with E-state index in [0.29, 0.717) is 11.1 Å². The van der Waals surface area contributed by atoms with Gasteiger partial charge in [-0.2, -0.15) is 5.10 Å². The normalized spacial score (nSPS) is 11.8. The Hall–Kier alpha value is -2.79. The Bertz CT molecular complexity index is 1020. The van der Waals surface area contributed by atoms with E-state index in [0.717, 1.165) is 5.56 Å². The topological polar surface area (TPSA) is 81.3 Å². The highest BCUT2D eigenvalue weighted by Gasteiger charge is 2.34. The maximum absolute atomic E-state index is 13.4. The van der Waals surface area contributed by atoms with Gasteiger partial charge in [0.25, 0.3) is 0 Å². The average Bonchev–Trinajstić information content (AvgIpc) is 3.18. The Morgan fingerprint density at radius 1 is 0.966 bits per heavy atom. The van der Waals surface area contributed by atoms with Gasteiger partial charge in [-0.1, -0.05) is 66.7 Å². The van der Waals surface area contributed by atoms with E-state index in [1.807, 2.05) is 42.5 Å². The first-order chi connectivity index (χ1) is 14.1. The fourth-order valence-corrected chi connectivity index (χ4v) is 4.52. The highest BCUT2D eigenvalue weighted by atomic mass is 31.2. The predicted octanol–water partition coefficient (Wildman–Crippen LogP) is 4.70. The van der Waals surface area contributed by atoms with Crippen molar-refractivity contribution in [3.05, 3.63) is 83.0 Å². The van der Waals surface area contributed by atoms with Crippen molar-refractivity contribution in [1.29, 1.82) is 0 Å². The van der Waals surface area contributed by atoms with Gasteiger partial charge in [-0.05, 0) is 25.5 Å². The summed E-state index contributed by atoms with van der Waals surface area (Å²) in [6, 6.07) is 18.4. The molecule has 0 radical (unpaired) electrons. The van der Waals surface area contributed by atoms with Crippen molar-refractivity contribution in [2.75, 3.05) is 13.2 Å². The maximum atomic E-state index is 13.4. The van der Waals surface area contributed by atoms with Crippen molar-refractivity contribution in [3.8, 4) is 0 Å². The molecule has 0 aliphatic heterocycles. The number of aromatic amines is 1. The van der Waals surface area contributed by atoms with E-state index in [1.165, 1.54) is 0 Å². The van der Waals surface area contributed by atoms with Gasteiger partial charge in [0, 0.05) is 11.1 Å². The zero-order valence-electron chi connectivity index (χ0n) is 16.4. The molecule has 7 heteroatoms. The summed E-state index contributed by atoms with van der Waals surface area (Å²) in [5, 5.41) is 6.91. The van der Waals surface area contributed by atoms with Crippen molar-refractivity contribution < 1.29 is 18.4 Å². The first-order valence-corrected chi connectivity index (χ1v) is 10.9. The van der Waals surface area contributed by atoms with E-state index in [1.54, 1.807) is 44.2 Å². The summed E-state index contributed by atoms with van der Waals surface area (Å²) in [7, 11) is -3.66. The van der Waals surface area contributed by atoms with Gasteiger partial charge in [0.05, 0.1) is 13.2 Å². The molecule has 0 saturated carbocycles. The van der Waals surface area contributed by atoms with Crippen molar-refractivity contribution in [3.63, 3.8) is 0 Å². The quantitative estimate of drug-likeness (QED) is 0.408. The van der Waals surface area contributed by atoms with E-state index in [4.69, 9.17) is 9.05 Å². The third kappa shape index (κ3) is 4.80. The number of nitrogens with zero attached hydrogens (tertiary/aromatic N) is 1. The highest BCUT2D eigenvalue weighted by Crippen LogP contribution is 2.47. The summed E-state index contributed by atoms with van der Waals surface area (Å²) in [5.74, 6) is -0.277. The van der Waals surface area contributed by atoms with Gasteiger partial charge in [-0.15, -0.1) is 0 Å². The molecule has 2 aromatic carbocycles. The van der Waals surface area contributed by atoms with Crippen LogP contribution in [0, 0.1) is 0 Å². The van der Waals surface area contributed by atoms with Crippen molar-refractivity contribution in [2.45, 2.75) is 13.8 Å². The molecule has 0 unspecified atom stereocenters. The third-order valence-corrected chi connectivity index (χ3v) is 6.23. The minimum absolute atomic E-state index is 0.165. The Balaban J connectivity index is 2.12. The smallest absolute Gasteiger partial charge is 0.304 e. The third-order valence-electron chi connectivity index (χ3n) is 4.15. The van der Waals surface area contributed by atoms with Crippen LogP contribution in [0.25, 0.3) is 12.2 Å². The molecule has 0 amide bonds. The molecule has 0 aliphatic carbocycles. The summed E-state index contributed by atoms with van der Waals surface area (Å²) < 4.78 is 24.3. The fourth-order valence-electron chi connectivity index (χ4n) is 2.86. The molecule has 3 aromatic rings. The second kappa shape index (κ2) is 9.61. The summed E-state index contributed by atoms with van der Waals surface area (Å²) in [5.41, 5.74) is 2.15. The van der Waals surface area contributed by atoms with Gasteiger partial charge >= 0.3 is 7.60 Å². The Labute approximate surface area is 170 Å². The Morgan fingerprint density at radius 2 is 1.55 bits per heavy atom. The van der Waals surface area contributed by atoms with Crippen LogP contribution in [0.1, 0.15) is 41.0 Å². The number of carbonyl (C=O) groups excluding carboxylic acids is 1. The standard InChI is InChI=1S/C22H23N2O4P/c1-3-27-29(26,28-4-2)22-19(16-15-17-11-7-5-8-12-17)20(23-24-22)21(25)18-13-9-6-10-14-18/h5-16H,3-4H2,1-2H3,(H,23,24)/b16-15+. The maximum Gasteiger partial charge on any atom is 0.379 e. The van der Waals surface area contributed by atoms with Crippen molar-refractivity contribution >= 4 is 31.0 Å². The van der Waals surface area contributed by atoms with Crippen LogP contribution in [0.2, 0.25) is 0 Å². The number of hydrogen-bond acceptors (Lipinski definition) is 5. The summed E-state index contributed by atoms with van der Waals surface area (Å²) >= 11 is 0. The fraction of sp³-hybridized carbons (Fsp3) is 0.182. The van der Waals surface area contributed by atoms with Gasteiger partial charge in [-0.25, -0.2) is 0 Å². The number of carbonyl (C=O) groups is 1. The lowest BCUT2D eigenvalue weighted by atomic mass is 10.0. The van der Waals surface area contributed by atoms with E-state index >= 15 is 0 Å². The van der Waals surface area contributed by atoms with Crippen LogP contribution in [-0.2, 0) is 13.6 Å². The second-order valence-electron chi connectivity index (χ2n) is 6.11. The molecule has 0 spiro atoms. The van der Waals surface area contributed by atoms with Gasteiger partial charge in [0.15, 0.2) is 5.44 Å². The lowest BCUT2D eigenvalue weighted by Crippen LogP contribution is -2.15. The minimum atomic E-state index is -3.66. The second-order valence-corrected chi connectivity index (χ2v) is 8.07. The molecule has 1 heterocycles. The summed E-state index contributed by atoms with van der Waals surface area (Å²) in [6.07, 6.45) is 3.55. The molecule has 6 nitrogen and oxygen atoms in total. The van der Waals surface area contributed by atoms with E-state index in [-0.39, 0.29) is 30.1 Å². The van der Waals surface area contributed by atoms with E-state index in [9.17, 15) is 9.36 Å². The molecule has 29 heavy (non-hydrogen) atoms. The van der Waals surface area contributed by atoms with Crippen LogP contribution in [0.3, 0.4) is 0 Å². The number of H-pyrrole nitrogens is 1. The number of nitrogens with one attached hydrogen (secondary N) is 1. The molecule has 150 valence electrons. The van der Waals surface area contributed by atoms with Gasteiger partial charge < -0.3 is 9.05 Å². The van der Waals surface area contributed by atoms with Crippen molar-refractivity contribution in [1.82, 2.24) is 10.2 Å². The van der Waals surface area contributed by atoms with E-state index < -0.39 is 7.60 Å². The van der Waals surface area contributed by atoms with Crippen molar-refractivity contribution in [2.24, 2.45) is 0 Å². The van der Waals surface area contributed by atoms with Crippen LogP contribution in [-0.4, -0.2) is 29.2 Å². The monoisotopic (exact) mass is 410 g/mol. The van der Waals surface area contributed by atoms with Crippen LogP contribution in [0.4, 0.5) is 0 Å². The number of ketones is 1. The molecule has 1 aromatic heterocycles. The molecule has 0 saturated heterocycles. The van der Waals surface area contributed by atoms with Gasteiger partial charge in [0.1, 0.15) is 5.69 Å². The number of benzene rings is 2. The largest absolute Gasteiger partial charge is 0.379 e. The highest BCUT2D eigenvalue weighted by molar-refractivity contribution is 7.62. The molecule has 0 aliphatic rings. The molecule has 3 rings (SSSR count). The predicted molar refractivity (Wildman–Crippen MR) is 114 cm³/mol. The number of hydrogen-bond donors (Lipinski definition) is 1. The number of rotatable bonds is 9.